The summed E-state index contributed by atoms with van der Waals surface area (Å²) < 4.78 is 8.30. The van der Waals surface area contributed by atoms with Crippen LogP contribution >= 0.6 is 0 Å². The Kier molecular flexibility index (Phi) is 169. The maximum Gasteiger partial charge on any atom is 0 e. The van der Waals surface area contributed by atoms with E-state index in [9.17, 15) is 0 Å². The second-order valence-corrected chi connectivity index (χ2v) is 0. The van der Waals surface area contributed by atoms with Gasteiger partial charge in [0.05, 0.1) is 0 Å². The average Bonchev–Trinajstić information content (AvgIpc) is 1.00. The summed E-state index contributed by atoms with van der Waals surface area (Å²) in [4.78, 5) is 0. The van der Waals surface area contributed by atoms with Crippen LogP contribution in [0.25, 0.3) is 0 Å². The van der Waals surface area contributed by atoms with Crippen molar-refractivity contribution in [1.29, 1.82) is 0 Å². The molecule has 1 nitrogen and oxygen atoms in total. The van der Waals surface area contributed by atoms with Gasteiger partial charge in [-0.05, 0) is 0 Å². The molecule has 5 heteroatoms. The summed E-state index contributed by atoms with van der Waals surface area (Å²) in [5, 5.41) is 0. The predicted octanol–water partition coefficient (Wildman–Crippen LogP) is -0.129. The molecule has 0 amide bonds. The van der Waals surface area contributed by atoms with E-state index in [-0.39, 0.29) is 58.6 Å². The largest absolute Gasteiger partial charge is 0 e. The molecule has 0 aliphatic rings. The summed E-state index contributed by atoms with van der Waals surface area (Å²) in [6.07, 6.45) is 0. The molecule has 0 fully saturated rings. The molecule has 0 heterocycles. The zero-order chi connectivity index (χ0) is 2.00. The molecule has 0 aromatic rings. The SMILES string of the molecule is [Mo].[Ni].[O]=[Nb].[W]. The molecule has 0 aromatic heterocycles. The van der Waals surface area contributed by atoms with E-state index in [0.717, 1.165) is 0 Å². The molecule has 0 aliphatic heterocycles. The van der Waals surface area contributed by atoms with Gasteiger partial charge in [0.15, 0.2) is 0 Å². The van der Waals surface area contributed by atoms with Crippen molar-refractivity contribution in [3.05, 3.63) is 0 Å². The smallest absolute Gasteiger partial charge is 0 e. The van der Waals surface area contributed by atoms with Gasteiger partial charge in [-0.3, -0.25) is 0 Å². The maximum absolute atomic E-state index is 8.30. The number of rotatable bonds is 0. The van der Waals surface area contributed by atoms with E-state index in [1.165, 1.54) is 0 Å². The van der Waals surface area contributed by atoms with Crippen molar-refractivity contribution < 1.29 is 82.9 Å². The molecule has 0 spiro atoms. The van der Waals surface area contributed by atoms with Gasteiger partial charge in [-0.1, -0.05) is 0 Å². The van der Waals surface area contributed by atoms with Crippen molar-refractivity contribution in [3.63, 3.8) is 0 Å². The molecule has 0 rings (SSSR count). The Bertz CT molecular complexity index is 11.6. The molecule has 33 valence electrons. The first-order chi connectivity index (χ1) is 1.00. The van der Waals surface area contributed by atoms with Crippen LogP contribution in [0.1, 0.15) is 0 Å². The van der Waals surface area contributed by atoms with E-state index in [1.54, 1.807) is 0 Å². The quantitative estimate of drug-likeness (QED) is 0.473. The Morgan fingerprint density at radius 3 is 1.20 bits per heavy atom. The topological polar surface area (TPSA) is 17.1 Å². The third kappa shape index (κ3) is 21.5. The van der Waals surface area contributed by atoms with E-state index >= 15 is 0 Å². The Balaban J connectivity index is -0.00000000167. The molecule has 0 aromatic carbocycles. The van der Waals surface area contributed by atoms with Crippen molar-refractivity contribution in [2.24, 2.45) is 0 Å². The van der Waals surface area contributed by atoms with Crippen LogP contribution in [0.2, 0.25) is 0 Å². The van der Waals surface area contributed by atoms with Gasteiger partial charge in [0.1, 0.15) is 0 Å². The average molecular weight is 447 g/mol. The van der Waals surface area contributed by atoms with Gasteiger partial charge in [0, 0.05) is 58.6 Å². The number of hydrogen-bond acceptors (Lipinski definition) is 1. The minimum Gasteiger partial charge on any atom is 0 e. The van der Waals surface area contributed by atoms with Crippen molar-refractivity contribution in [1.82, 2.24) is 0 Å². The predicted molar refractivity (Wildman–Crippen MR) is 0.686 cm³/mol. The maximum atomic E-state index is 8.30. The molecule has 0 bridgehead atoms. The van der Waals surface area contributed by atoms with E-state index in [2.05, 4.69) is 0 Å². The van der Waals surface area contributed by atoms with E-state index in [1.807, 2.05) is 0 Å². The first-order valence-corrected chi connectivity index (χ1v) is 1.08. The van der Waals surface area contributed by atoms with Crippen molar-refractivity contribution in [2.45, 2.75) is 0 Å². The summed E-state index contributed by atoms with van der Waals surface area (Å²) in [6.45, 7) is 0. The second kappa shape index (κ2) is 32.3. The van der Waals surface area contributed by atoms with Crippen molar-refractivity contribution in [3.8, 4) is 0 Å². The standard InChI is InChI=1S/Mo.Nb.Ni.O.W. The zero-order valence-electron chi connectivity index (χ0n) is 1.99. The second-order valence-electron chi connectivity index (χ2n) is 0. The Morgan fingerprint density at radius 1 is 1.20 bits per heavy atom. The fraction of sp³-hybridized carbons (Fsp3) is 0. The molecule has 0 aliphatic carbocycles. The van der Waals surface area contributed by atoms with Crippen LogP contribution in [-0.2, 0) is 82.9 Å². The molecule has 0 radical (unpaired) electrons. The van der Waals surface area contributed by atoms with Crippen LogP contribution < -0.4 is 0 Å². The van der Waals surface area contributed by atoms with Crippen molar-refractivity contribution >= 4 is 0 Å². The summed E-state index contributed by atoms with van der Waals surface area (Å²) in [7, 11) is 0. The van der Waals surface area contributed by atoms with Crippen LogP contribution in [0.15, 0.2) is 0 Å². The first-order valence-electron chi connectivity index (χ1n) is 0.183. The molecule has 0 saturated heterocycles. The van der Waals surface area contributed by atoms with Gasteiger partial charge in [-0.15, -0.1) is 0 Å². The fourth-order valence-electron chi connectivity index (χ4n) is 0. The summed E-state index contributed by atoms with van der Waals surface area (Å²) in [6, 6.07) is 0. The minimum atomic E-state index is 0. The Labute approximate surface area is 81.7 Å². The monoisotopic (exact) mass is 449 g/mol. The van der Waals surface area contributed by atoms with Gasteiger partial charge in [0.25, 0.3) is 0 Å². The van der Waals surface area contributed by atoms with Crippen LogP contribution in [0.3, 0.4) is 0 Å². The van der Waals surface area contributed by atoms with Crippen LogP contribution in [0.5, 0.6) is 0 Å². The summed E-state index contributed by atoms with van der Waals surface area (Å²) >= 11 is 0.500. The fourth-order valence-corrected chi connectivity index (χ4v) is 0. The molecule has 5 heavy (non-hydrogen) atoms. The summed E-state index contributed by atoms with van der Waals surface area (Å²) in [5.74, 6) is 0. The molecule has 0 unspecified atom stereocenters. The minimum absolute atomic E-state index is 0. The van der Waals surface area contributed by atoms with Gasteiger partial charge < -0.3 is 0 Å². The summed E-state index contributed by atoms with van der Waals surface area (Å²) in [5.41, 5.74) is 0. The molecular formula is MoNbNiOW. The third-order valence-corrected chi connectivity index (χ3v) is 0. The van der Waals surface area contributed by atoms with Gasteiger partial charge in [-0.2, -0.15) is 0 Å². The first kappa shape index (κ1) is 26.2. The molecule has 0 saturated carbocycles. The van der Waals surface area contributed by atoms with Gasteiger partial charge in [0.2, 0.25) is 0 Å². The van der Waals surface area contributed by atoms with Crippen LogP contribution in [0.4, 0.5) is 0 Å². The van der Waals surface area contributed by atoms with Gasteiger partial charge >= 0.3 is 24.3 Å². The van der Waals surface area contributed by atoms with Gasteiger partial charge in [-0.25, -0.2) is 0 Å². The molecule has 0 N–H and O–H groups in total. The van der Waals surface area contributed by atoms with E-state index < -0.39 is 0 Å². The van der Waals surface area contributed by atoms with E-state index in [0.29, 0.717) is 21.0 Å². The Morgan fingerprint density at radius 2 is 1.20 bits per heavy atom. The normalized spacial score (nSPS) is 0.600. The third-order valence-electron chi connectivity index (χ3n) is 0. The van der Waals surface area contributed by atoms with Crippen LogP contribution in [-0.4, -0.2) is 0 Å². The van der Waals surface area contributed by atoms with Crippen LogP contribution in [0, 0.1) is 0 Å². The number of hydrogen-bond donors (Lipinski definition) is 0. The zero-order valence-corrected chi connectivity index (χ0v) is 10.1. The molecule has 0 atom stereocenters. The molecular weight excluding hydrogens is 447 g/mol. The van der Waals surface area contributed by atoms with E-state index in [4.69, 9.17) is 3.25 Å². The Hall–Kier alpha value is 2.41. The van der Waals surface area contributed by atoms with Crippen molar-refractivity contribution in [2.75, 3.05) is 0 Å².